The van der Waals surface area contributed by atoms with Crippen molar-refractivity contribution in [2.75, 3.05) is 0 Å². The number of aryl methyl sites for hydroxylation is 1. The van der Waals surface area contributed by atoms with Crippen molar-refractivity contribution in [3.63, 3.8) is 0 Å². The van der Waals surface area contributed by atoms with Crippen LogP contribution in [0.3, 0.4) is 0 Å². The summed E-state index contributed by atoms with van der Waals surface area (Å²) in [5.41, 5.74) is 5.56. The molecule has 9 heteroatoms. The lowest BCUT2D eigenvalue weighted by Crippen LogP contribution is -2.23. The third kappa shape index (κ3) is 5.76. The number of halogens is 1. The maximum atomic E-state index is 12.4. The van der Waals surface area contributed by atoms with Crippen LogP contribution in [-0.2, 0) is 11.2 Å². The van der Waals surface area contributed by atoms with Crippen molar-refractivity contribution >= 4 is 49.9 Å². The Morgan fingerprint density at radius 2 is 1.86 bits per heavy atom. The topological polar surface area (TPSA) is 105 Å². The third-order valence-electron chi connectivity index (χ3n) is 7.05. The van der Waals surface area contributed by atoms with Crippen LogP contribution in [0.2, 0.25) is 5.02 Å². The van der Waals surface area contributed by atoms with Gasteiger partial charge in [0.15, 0.2) is 0 Å². The number of fused-ring (bicyclic) bond motifs is 2. The summed E-state index contributed by atoms with van der Waals surface area (Å²) >= 11 is 7.87. The highest BCUT2D eigenvalue weighted by Crippen LogP contribution is 2.45. The first-order chi connectivity index (χ1) is 20.5. The van der Waals surface area contributed by atoms with Crippen molar-refractivity contribution in [2.45, 2.75) is 39.7 Å². The molecule has 43 heavy (non-hydrogen) atoms. The quantitative estimate of drug-likeness (QED) is 0.197. The van der Waals surface area contributed by atoms with E-state index in [1.54, 1.807) is 24.5 Å². The zero-order chi connectivity index (χ0) is 30.5. The number of aromatic nitrogens is 3. The SMILES string of the molecule is Cc1cc2nc(-c3ccnc(-c4ccc5cc[nH]c(=O)c5c4)c3)sc2c(-c2ccc(Cl)cc2OC(C)(C)C)c1CC(=O)O. The number of carbonyl (C=O) groups is 1. The maximum absolute atomic E-state index is 12.4. The van der Waals surface area contributed by atoms with Gasteiger partial charge in [-0.1, -0.05) is 23.7 Å². The molecule has 0 unspecified atom stereocenters. The number of nitrogens with zero attached hydrogens (tertiary/aromatic N) is 2. The predicted molar refractivity (Wildman–Crippen MR) is 173 cm³/mol. The Labute approximate surface area is 256 Å². The normalized spacial score (nSPS) is 11.7. The highest BCUT2D eigenvalue weighted by molar-refractivity contribution is 7.22. The molecule has 0 aliphatic heterocycles. The van der Waals surface area contributed by atoms with E-state index in [0.717, 1.165) is 48.4 Å². The van der Waals surface area contributed by atoms with Crippen molar-refractivity contribution in [3.05, 3.63) is 99.6 Å². The van der Waals surface area contributed by atoms with E-state index in [-0.39, 0.29) is 12.0 Å². The second-order valence-corrected chi connectivity index (χ2v) is 12.8. The van der Waals surface area contributed by atoms with Gasteiger partial charge in [0, 0.05) is 45.1 Å². The first kappa shape index (κ1) is 28.6. The number of benzene rings is 3. The molecule has 0 fully saturated rings. The Kier molecular flexibility index (Phi) is 7.28. The number of hydrogen-bond acceptors (Lipinski definition) is 6. The summed E-state index contributed by atoms with van der Waals surface area (Å²) in [6.45, 7) is 7.78. The van der Waals surface area contributed by atoms with Crippen molar-refractivity contribution < 1.29 is 14.6 Å². The minimum Gasteiger partial charge on any atom is -0.487 e. The van der Waals surface area contributed by atoms with Crippen LogP contribution in [0.25, 0.3) is 53.9 Å². The fraction of sp³-hybridized carbons (Fsp3) is 0.176. The summed E-state index contributed by atoms with van der Waals surface area (Å²) < 4.78 is 7.19. The summed E-state index contributed by atoms with van der Waals surface area (Å²) in [7, 11) is 0. The van der Waals surface area contributed by atoms with Gasteiger partial charge >= 0.3 is 5.97 Å². The number of carboxylic acid groups (broad SMARTS) is 1. The van der Waals surface area contributed by atoms with Crippen molar-refractivity contribution in [1.82, 2.24) is 15.0 Å². The van der Waals surface area contributed by atoms with Gasteiger partial charge in [-0.3, -0.25) is 14.6 Å². The zero-order valence-electron chi connectivity index (χ0n) is 24.0. The first-order valence-electron chi connectivity index (χ1n) is 13.7. The average Bonchev–Trinajstić information content (AvgIpc) is 3.37. The largest absolute Gasteiger partial charge is 0.487 e. The van der Waals surface area contributed by atoms with Gasteiger partial charge in [-0.15, -0.1) is 11.3 Å². The van der Waals surface area contributed by atoms with Crippen LogP contribution in [0.4, 0.5) is 0 Å². The van der Waals surface area contributed by atoms with Gasteiger partial charge in [-0.05, 0) is 92.7 Å². The molecule has 216 valence electrons. The average molecular weight is 610 g/mol. The fourth-order valence-corrected chi connectivity index (χ4v) is 6.49. The van der Waals surface area contributed by atoms with E-state index in [1.807, 2.05) is 76.2 Å². The molecule has 6 aromatic rings. The van der Waals surface area contributed by atoms with Crippen LogP contribution in [0.5, 0.6) is 5.75 Å². The number of aliphatic carboxylic acids is 1. The highest BCUT2D eigenvalue weighted by Gasteiger charge is 2.24. The van der Waals surface area contributed by atoms with Gasteiger partial charge in [-0.25, -0.2) is 4.98 Å². The third-order valence-corrected chi connectivity index (χ3v) is 8.42. The molecule has 6 rings (SSSR count). The molecule has 0 aliphatic rings. The maximum Gasteiger partial charge on any atom is 0.307 e. The van der Waals surface area contributed by atoms with E-state index >= 15 is 0 Å². The van der Waals surface area contributed by atoms with Gasteiger partial charge in [0.1, 0.15) is 16.4 Å². The van der Waals surface area contributed by atoms with E-state index in [0.29, 0.717) is 27.4 Å². The lowest BCUT2D eigenvalue weighted by molar-refractivity contribution is -0.136. The molecule has 0 saturated carbocycles. The summed E-state index contributed by atoms with van der Waals surface area (Å²) in [6.07, 6.45) is 3.21. The number of thiazole rings is 1. The molecule has 2 N–H and O–H groups in total. The molecule has 3 aromatic carbocycles. The lowest BCUT2D eigenvalue weighted by Gasteiger charge is -2.24. The van der Waals surface area contributed by atoms with Gasteiger partial charge in [0.25, 0.3) is 5.56 Å². The number of H-pyrrole nitrogens is 1. The number of ether oxygens (including phenoxy) is 1. The zero-order valence-corrected chi connectivity index (χ0v) is 25.6. The molecule has 0 amide bonds. The van der Waals surface area contributed by atoms with Crippen molar-refractivity contribution in [1.29, 1.82) is 0 Å². The number of aromatic amines is 1. The summed E-state index contributed by atoms with van der Waals surface area (Å²) in [5.74, 6) is -0.348. The van der Waals surface area contributed by atoms with Crippen LogP contribution in [0.1, 0.15) is 31.9 Å². The fourth-order valence-electron chi connectivity index (χ4n) is 5.20. The number of nitrogens with one attached hydrogen (secondary N) is 1. The highest BCUT2D eigenvalue weighted by atomic mass is 35.5. The van der Waals surface area contributed by atoms with Gasteiger partial charge in [-0.2, -0.15) is 0 Å². The molecule has 3 aromatic heterocycles. The minimum absolute atomic E-state index is 0.150. The molecule has 0 atom stereocenters. The Morgan fingerprint density at radius 1 is 1.05 bits per heavy atom. The van der Waals surface area contributed by atoms with Gasteiger partial charge < -0.3 is 14.8 Å². The monoisotopic (exact) mass is 609 g/mol. The van der Waals surface area contributed by atoms with Crippen LogP contribution in [0.15, 0.2) is 77.9 Å². The number of hydrogen-bond donors (Lipinski definition) is 2. The molecule has 0 saturated heterocycles. The number of pyridine rings is 2. The Bertz CT molecular complexity index is 2110. The Morgan fingerprint density at radius 3 is 2.63 bits per heavy atom. The van der Waals surface area contributed by atoms with Crippen molar-refractivity contribution in [3.8, 4) is 38.7 Å². The summed E-state index contributed by atoms with van der Waals surface area (Å²) in [6, 6.07) is 18.8. The molecule has 0 aliphatic carbocycles. The van der Waals surface area contributed by atoms with Crippen LogP contribution in [-0.4, -0.2) is 31.6 Å². The minimum atomic E-state index is -0.923. The van der Waals surface area contributed by atoms with Crippen LogP contribution < -0.4 is 10.3 Å². The molecular formula is C34H28ClN3O4S. The first-order valence-corrected chi connectivity index (χ1v) is 14.9. The second kappa shape index (κ2) is 10.9. The van der Waals surface area contributed by atoms with E-state index < -0.39 is 11.6 Å². The molecule has 0 bridgehead atoms. The Balaban J connectivity index is 1.54. The van der Waals surface area contributed by atoms with Crippen molar-refractivity contribution in [2.24, 2.45) is 0 Å². The molecular weight excluding hydrogens is 582 g/mol. The van der Waals surface area contributed by atoms with Gasteiger partial charge in [0.2, 0.25) is 0 Å². The standard InChI is InChI=1S/C34H28ClN3O4S/c1-18-13-27-31(30(24(18)17-29(39)40)23-8-7-22(35)16-28(23)42-34(2,3)4)43-33(38-27)21-10-11-36-26(15-21)20-6-5-19-9-12-37-32(41)25(19)14-20/h5-16H,17H2,1-4H3,(H,37,41)(H,39,40). The lowest BCUT2D eigenvalue weighted by atomic mass is 9.92. The molecule has 0 spiro atoms. The Hall–Kier alpha value is -4.53. The summed E-state index contributed by atoms with van der Waals surface area (Å²) in [4.78, 5) is 36.7. The van der Waals surface area contributed by atoms with E-state index in [4.69, 9.17) is 21.3 Å². The summed E-state index contributed by atoms with van der Waals surface area (Å²) in [5, 5.41) is 12.6. The van der Waals surface area contributed by atoms with E-state index in [2.05, 4.69) is 9.97 Å². The van der Waals surface area contributed by atoms with Crippen LogP contribution >= 0.6 is 22.9 Å². The second-order valence-electron chi connectivity index (χ2n) is 11.4. The molecule has 3 heterocycles. The number of rotatable bonds is 6. The smallest absolute Gasteiger partial charge is 0.307 e. The predicted octanol–water partition coefficient (Wildman–Crippen LogP) is 8.30. The molecule has 7 nitrogen and oxygen atoms in total. The molecule has 0 radical (unpaired) electrons. The van der Waals surface area contributed by atoms with Crippen LogP contribution in [0, 0.1) is 6.92 Å². The van der Waals surface area contributed by atoms with E-state index in [9.17, 15) is 14.7 Å². The number of carboxylic acids is 1. The van der Waals surface area contributed by atoms with Gasteiger partial charge in [0.05, 0.1) is 22.3 Å². The van der Waals surface area contributed by atoms with E-state index in [1.165, 1.54) is 11.3 Å².